The van der Waals surface area contributed by atoms with E-state index in [1.165, 1.54) is 24.1 Å². The first kappa shape index (κ1) is 13.0. The third kappa shape index (κ3) is 4.23. The van der Waals surface area contributed by atoms with Gasteiger partial charge in [-0.15, -0.1) is 0 Å². The predicted octanol–water partition coefficient (Wildman–Crippen LogP) is 3.68. The maximum Gasteiger partial charge on any atom is 0.0713 e. The standard InChI is InChI=1S/C14H23NO/c1-4-12(5-2)10-15-14-8-6-13(7-9-14)11-16-3/h6-9,12,15H,4-5,10-11H2,1-3H3. The number of hydrogen-bond donors (Lipinski definition) is 1. The summed E-state index contributed by atoms with van der Waals surface area (Å²) in [6.45, 7) is 6.25. The van der Waals surface area contributed by atoms with E-state index in [-0.39, 0.29) is 0 Å². The van der Waals surface area contributed by atoms with Crippen molar-refractivity contribution in [3.8, 4) is 0 Å². The van der Waals surface area contributed by atoms with Crippen LogP contribution in [-0.2, 0) is 11.3 Å². The van der Waals surface area contributed by atoms with Crippen LogP contribution in [0.2, 0.25) is 0 Å². The normalized spacial score (nSPS) is 10.8. The van der Waals surface area contributed by atoms with Crippen molar-refractivity contribution in [3.63, 3.8) is 0 Å². The SMILES string of the molecule is CCC(CC)CNc1ccc(COC)cc1. The fourth-order valence-corrected chi connectivity index (χ4v) is 1.73. The average Bonchev–Trinajstić information content (AvgIpc) is 2.33. The van der Waals surface area contributed by atoms with E-state index in [1.807, 2.05) is 0 Å². The lowest BCUT2D eigenvalue weighted by Crippen LogP contribution is -2.12. The van der Waals surface area contributed by atoms with E-state index in [9.17, 15) is 0 Å². The molecule has 0 amide bonds. The van der Waals surface area contributed by atoms with Crippen LogP contribution in [0.1, 0.15) is 32.3 Å². The zero-order valence-electron chi connectivity index (χ0n) is 10.6. The molecule has 0 fully saturated rings. The molecule has 0 aromatic heterocycles. The number of ether oxygens (including phenoxy) is 1. The number of rotatable bonds is 7. The van der Waals surface area contributed by atoms with Crippen LogP contribution < -0.4 is 5.32 Å². The van der Waals surface area contributed by atoms with Crippen LogP contribution in [0.25, 0.3) is 0 Å². The molecule has 0 atom stereocenters. The number of anilines is 1. The summed E-state index contributed by atoms with van der Waals surface area (Å²) >= 11 is 0. The van der Waals surface area contributed by atoms with Crippen molar-refractivity contribution < 1.29 is 4.74 Å². The van der Waals surface area contributed by atoms with Gasteiger partial charge in [-0.05, 0) is 23.6 Å². The Balaban J connectivity index is 2.42. The lowest BCUT2D eigenvalue weighted by molar-refractivity contribution is 0.185. The lowest BCUT2D eigenvalue weighted by Gasteiger charge is -2.14. The highest BCUT2D eigenvalue weighted by Gasteiger charge is 2.02. The maximum absolute atomic E-state index is 5.08. The van der Waals surface area contributed by atoms with Crippen LogP contribution in [0.4, 0.5) is 5.69 Å². The zero-order chi connectivity index (χ0) is 11.8. The van der Waals surface area contributed by atoms with E-state index < -0.39 is 0 Å². The molecule has 0 saturated heterocycles. The number of hydrogen-bond acceptors (Lipinski definition) is 2. The highest BCUT2D eigenvalue weighted by atomic mass is 16.5. The highest BCUT2D eigenvalue weighted by Crippen LogP contribution is 2.13. The smallest absolute Gasteiger partial charge is 0.0713 e. The minimum atomic E-state index is 0.687. The Morgan fingerprint density at radius 1 is 1.12 bits per heavy atom. The molecule has 0 aliphatic rings. The van der Waals surface area contributed by atoms with Crippen LogP contribution >= 0.6 is 0 Å². The molecule has 0 spiro atoms. The Bertz CT molecular complexity index is 277. The average molecular weight is 221 g/mol. The van der Waals surface area contributed by atoms with Crippen LogP contribution in [0.5, 0.6) is 0 Å². The minimum absolute atomic E-state index is 0.687. The van der Waals surface area contributed by atoms with E-state index in [1.54, 1.807) is 7.11 Å². The van der Waals surface area contributed by atoms with Gasteiger partial charge in [0.2, 0.25) is 0 Å². The molecule has 0 heterocycles. The summed E-state index contributed by atoms with van der Waals surface area (Å²) in [5.41, 5.74) is 2.42. The first-order chi connectivity index (χ1) is 7.80. The third-order valence-corrected chi connectivity index (χ3v) is 3.01. The van der Waals surface area contributed by atoms with Crippen LogP contribution in [-0.4, -0.2) is 13.7 Å². The fraction of sp³-hybridized carbons (Fsp3) is 0.571. The monoisotopic (exact) mass is 221 g/mol. The van der Waals surface area contributed by atoms with Gasteiger partial charge in [-0.3, -0.25) is 0 Å². The molecule has 0 aliphatic heterocycles. The molecule has 2 heteroatoms. The molecule has 2 nitrogen and oxygen atoms in total. The second-order valence-electron chi connectivity index (χ2n) is 4.19. The molecule has 0 radical (unpaired) electrons. The highest BCUT2D eigenvalue weighted by molar-refractivity contribution is 5.44. The Labute approximate surface area is 99.0 Å². The van der Waals surface area contributed by atoms with E-state index >= 15 is 0 Å². The van der Waals surface area contributed by atoms with Crippen LogP contribution in [0, 0.1) is 5.92 Å². The van der Waals surface area contributed by atoms with Gasteiger partial charge >= 0.3 is 0 Å². The van der Waals surface area contributed by atoms with Gasteiger partial charge in [0.15, 0.2) is 0 Å². The lowest BCUT2D eigenvalue weighted by atomic mass is 10.0. The fourth-order valence-electron chi connectivity index (χ4n) is 1.73. The number of methoxy groups -OCH3 is 1. The number of nitrogens with one attached hydrogen (secondary N) is 1. The van der Waals surface area contributed by atoms with Crippen molar-refractivity contribution in [2.45, 2.75) is 33.3 Å². The summed E-state index contributed by atoms with van der Waals surface area (Å²) in [4.78, 5) is 0. The van der Waals surface area contributed by atoms with Crippen molar-refractivity contribution in [2.75, 3.05) is 19.0 Å². The number of benzene rings is 1. The van der Waals surface area contributed by atoms with Crippen LogP contribution in [0.15, 0.2) is 24.3 Å². The van der Waals surface area contributed by atoms with Gasteiger partial charge in [-0.1, -0.05) is 38.8 Å². The van der Waals surface area contributed by atoms with Gasteiger partial charge in [0, 0.05) is 19.3 Å². The largest absolute Gasteiger partial charge is 0.385 e. The van der Waals surface area contributed by atoms with Crippen molar-refractivity contribution in [1.29, 1.82) is 0 Å². The topological polar surface area (TPSA) is 21.3 Å². The summed E-state index contributed by atoms with van der Waals surface area (Å²) in [5.74, 6) is 0.777. The zero-order valence-corrected chi connectivity index (χ0v) is 10.6. The molecule has 1 N–H and O–H groups in total. The second-order valence-corrected chi connectivity index (χ2v) is 4.19. The Kier molecular flexibility index (Phi) is 5.94. The second kappa shape index (κ2) is 7.29. The summed E-state index contributed by atoms with van der Waals surface area (Å²) in [5, 5.41) is 3.48. The van der Waals surface area contributed by atoms with E-state index in [4.69, 9.17) is 4.74 Å². The Morgan fingerprint density at radius 2 is 1.75 bits per heavy atom. The van der Waals surface area contributed by atoms with Crippen molar-refractivity contribution >= 4 is 5.69 Å². The molecule has 1 aromatic rings. The molecule has 0 unspecified atom stereocenters. The van der Waals surface area contributed by atoms with Crippen molar-refractivity contribution in [3.05, 3.63) is 29.8 Å². The van der Waals surface area contributed by atoms with Gasteiger partial charge in [-0.2, -0.15) is 0 Å². The molecule has 1 aromatic carbocycles. The first-order valence-electron chi connectivity index (χ1n) is 6.11. The van der Waals surface area contributed by atoms with Gasteiger partial charge < -0.3 is 10.1 Å². The Morgan fingerprint density at radius 3 is 2.25 bits per heavy atom. The maximum atomic E-state index is 5.08. The quantitative estimate of drug-likeness (QED) is 0.758. The molecular formula is C14H23NO. The van der Waals surface area contributed by atoms with Gasteiger partial charge in [0.1, 0.15) is 0 Å². The van der Waals surface area contributed by atoms with Crippen molar-refractivity contribution in [1.82, 2.24) is 0 Å². The van der Waals surface area contributed by atoms with Crippen LogP contribution in [0.3, 0.4) is 0 Å². The first-order valence-corrected chi connectivity index (χ1v) is 6.11. The molecule has 0 bridgehead atoms. The van der Waals surface area contributed by atoms with E-state index in [0.29, 0.717) is 6.61 Å². The molecule has 90 valence electrons. The van der Waals surface area contributed by atoms with Crippen molar-refractivity contribution in [2.24, 2.45) is 5.92 Å². The summed E-state index contributed by atoms with van der Waals surface area (Å²) in [6, 6.07) is 8.46. The van der Waals surface area contributed by atoms with Gasteiger partial charge in [0.05, 0.1) is 6.61 Å². The summed E-state index contributed by atoms with van der Waals surface area (Å²) < 4.78 is 5.08. The third-order valence-electron chi connectivity index (χ3n) is 3.01. The van der Waals surface area contributed by atoms with E-state index in [0.717, 1.165) is 12.5 Å². The molecule has 0 saturated carbocycles. The van der Waals surface area contributed by atoms with E-state index in [2.05, 4.69) is 43.4 Å². The minimum Gasteiger partial charge on any atom is -0.385 e. The predicted molar refractivity (Wildman–Crippen MR) is 69.7 cm³/mol. The molecule has 16 heavy (non-hydrogen) atoms. The summed E-state index contributed by atoms with van der Waals surface area (Å²) in [7, 11) is 1.72. The molecule has 1 rings (SSSR count). The molecular weight excluding hydrogens is 198 g/mol. The summed E-state index contributed by atoms with van der Waals surface area (Å²) in [6.07, 6.45) is 2.48. The Hall–Kier alpha value is -1.02. The van der Waals surface area contributed by atoms with Gasteiger partial charge in [-0.25, -0.2) is 0 Å². The molecule has 0 aliphatic carbocycles. The van der Waals surface area contributed by atoms with Gasteiger partial charge in [0.25, 0.3) is 0 Å².